The van der Waals surface area contributed by atoms with Gasteiger partial charge in [0.15, 0.2) is 6.29 Å². The lowest BCUT2D eigenvalue weighted by atomic mass is 9.81. The number of aldehydes is 1. The average Bonchev–Trinajstić information content (AvgIpc) is 3.23. The molecule has 2 aromatic carbocycles. The number of aromatic nitrogens is 1. The van der Waals surface area contributed by atoms with Crippen molar-refractivity contribution < 1.29 is 24.1 Å². The van der Waals surface area contributed by atoms with Crippen LogP contribution in [0.2, 0.25) is 0 Å². The van der Waals surface area contributed by atoms with E-state index in [0.717, 1.165) is 41.5 Å². The summed E-state index contributed by atoms with van der Waals surface area (Å²) in [6, 6.07) is 14.2. The van der Waals surface area contributed by atoms with Gasteiger partial charge < -0.3 is 14.2 Å². The van der Waals surface area contributed by atoms with Gasteiger partial charge in [-0.3, -0.25) is 4.79 Å². The highest BCUT2D eigenvalue weighted by atomic mass is 17.2. The molecule has 1 aromatic heterocycles. The summed E-state index contributed by atoms with van der Waals surface area (Å²) in [7, 11) is 3.27. The van der Waals surface area contributed by atoms with Gasteiger partial charge in [-0.25, -0.2) is 14.6 Å². The number of amides is 1. The molecule has 1 fully saturated rings. The smallest absolute Gasteiger partial charge is 0.410 e. The summed E-state index contributed by atoms with van der Waals surface area (Å²) in [4.78, 5) is 36.6. The first-order valence-electron chi connectivity index (χ1n) is 13.5. The highest BCUT2D eigenvalue weighted by Crippen LogP contribution is 2.45. The van der Waals surface area contributed by atoms with Gasteiger partial charge in [0.05, 0.1) is 12.8 Å². The second-order valence-electron chi connectivity index (χ2n) is 11.1. The molecule has 1 aliphatic rings. The van der Waals surface area contributed by atoms with E-state index in [-0.39, 0.29) is 6.09 Å². The van der Waals surface area contributed by atoms with Gasteiger partial charge in [0.1, 0.15) is 12.2 Å². The lowest BCUT2D eigenvalue weighted by Gasteiger charge is -2.26. The van der Waals surface area contributed by atoms with E-state index < -0.39 is 5.60 Å². The number of hydrogen-bond acceptors (Lipinski definition) is 5. The number of carbonyl (C=O) groups is 2. The number of nitrogens with zero attached hydrogens (tertiary/aromatic N) is 2. The summed E-state index contributed by atoms with van der Waals surface area (Å²) < 4.78 is 7.87. The quantitative estimate of drug-likeness (QED) is 0.171. The third kappa shape index (κ3) is 6.27. The number of benzene rings is 2. The summed E-state index contributed by atoms with van der Waals surface area (Å²) in [6.45, 7) is 6.94. The fourth-order valence-electron chi connectivity index (χ4n) is 5.46. The van der Waals surface area contributed by atoms with Crippen molar-refractivity contribution in [3.05, 3.63) is 59.2 Å². The third-order valence-electron chi connectivity index (χ3n) is 7.23. The van der Waals surface area contributed by atoms with Crippen molar-refractivity contribution in [2.45, 2.75) is 77.5 Å². The van der Waals surface area contributed by atoms with Crippen molar-refractivity contribution in [1.82, 2.24) is 9.47 Å². The first kappa shape index (κ1) is 27.9. The van der Waals surface area contributed by atoms with Crippen molar-refractivity contribution in [1.29, 1.82) is 0 Å². The van der Waals surface area contributed by atoms with Crippen molar-refractivity contribution in [3.63, 3.8) is 0 Å². The van der Waals surface area contributed by atoms with E-state index >= 15 is 0 Å². The minimum atomic E-state index is -0.566. The molecule has 0 atom stereocenters. The van der Waals surface area contributed by atoms with E-state index in [2.05, 4.69) is 22.8 Å². The van der Waals surface area contributed by atoms with Crippen LogP contribution < -0.4 is 0 Å². The van der Waals surface area contributed by atoms with E-state index in [1.165, 1.54) is 37.3 Å². The minimum Gasteiger partial charge on any atom is -0.444 e. The van der Waals surface area contributed by atoms with Crippen LogP contribution in [-0.2, 0) is 27.7 Å². The molecule has 204 valence electrons. The number of fused-ring (bicyclic) bond motifs is 1. The van der Waals surface area contributed by atoms with Crippen LogP contribution in [0.4, 0.5) is 4.79 Å². The standard InChI is InChI=1S/C31H40N2O5/c1-31(2,3)38-30(35)32(4)17-18-33-27-19-22(21-37-36-5)15-16-26(27)28(23-11-7-6-8-12-23)29(33)25-14-10-9-13-24(25)20-34/h9-10,13-16,19-20,23H,6-8,11-12,17-18,21H2,1-5H3. The van der Waals surface area contributed by atoms with Crippen molar-refractivity contribution in [2.24, 2.45) is 0 Å². The summed E-state index contributed by atoms with van der Waals surface area (Å²) in [5.74, 6) is 0.409. The molecule has 7 nitrogen and oxygen atoms in total. The van der Waals surface area contributed by atoms with Gasteiger partial charge in [-0.1, -0.05) is 55.7 Å². The molecule has 7 heteroatoms. The van der Waals surface area contributed by atoms with Crippen molar-refractivity contribution in [2.75, 3.05) is 20.7 Å². The number of rotatable bonds is 9. The van der Waals surface area contributed by atoms with Crippen LogP contribution in [0.15, 0.2) is 42.5 Å². The largest absolute Gasteiger partial charge is 0.444 e. The van der Waals surface area contributed by atoms with E-state index in [1.54, 1.807) is 11.9 Å². The molecule has 0 radical (unpaired) electrons. The monoisotopic (exact) mass is 520 g/mol. The second kappa shape index (κ2) is 12.1. The molecular weight excluding hydrogens is 480 g/mol. The summed E-state index contributed by atoms with van der Waals surface area (Å²) in [5.41, 5.74) is 5.44. The molecule has 0 spiro atoms. The summed E-state index contributed by atoms with van der Waals surface area (Å²) in [6.07, 6.45) is 6.50. The van der Waals surface area contributed by atoms with Crippen LogP contribution in [-0.4, -0.2) is 48.1 Å². The molecule has 0 bridgehead atoms. The van der Waals surface area contributed by atoms with Crippen molar-refractivity contribution >= 4 is 23.3 Å². The Morgan fingerprint density at radius 1 is 1.11 bits per heavy atom. The fourth-order valence-corrected chi connectivity index (χ4v) is 5.46. The molecule has 0 N–H and O–H groups in total. The van der Waals surface area contributed by atoms with Crippen molar-refractivity contribution in [3.8, 4) is 11.3 Å². The van der Waals surface area contributed by atoms with Gasteiger partial charge in [-0.05, 0) is 56.7 Å². The number of ether oxygens (including phenoxy) is 1. The topological polar surface area (TPSA) is 70.0 Å². The maximum absolute atomic E-state index is 12.7. The Labute approximate surface area is 225 Å². The molecular formula is C31H40N2O5. The Morgan fingerprint density at radius 2 is 1.84 bits per heavy atom. The van der Waals surface area contributed by atoms with Gasteiger partial charge in [0.2, 0.25) is 0 Å². The fraction of sp³-hybridized carbons (Fsp3) is 0.484. The lowest BCUT2D eigenvalue weighted by Crippen LogP contribution is -2.36. The van der Waals surface area contributed by atoms with Crippen LogP contribution in [0.25, 0.3) is 22.2 Å². The predicted molar refractivity (Wildman–Crippen MR) is 149 cm³/mol. The first-order valence-corrected chi connectivity index (χ1v) is 13.5. The van der Waals surface area contributed by atoms with Crippen LogP contribution >= 0.6 is 0 Å². The Hall–Kier alpha value is -3.16. The van der Waals surface area contributed by atoms with E-state index in [4.69, 9.17) is 14.5 Å². The summed E-state index contributed by atoms with van der Waals surface area (Å²) >= 11 is 0. The van der Waals surface area contributed by atoms with Gasteiger partial charge in [-0.2, -0.15) is 0 Å². The van der Waals surface area contributed by atoms with Crippen LogP contribution in [0.1, 0.15) is 80.3 Å². The Kier molecular flexibility index (Phi) is 8.90. The Bertz CT molecular complexity index is 1270. The molecule has 4 rings (SSSR count). The Morgan fingerprint density at radius 3 is 2.53 bits per heavy atom. The Balaban J connectivity index is 1.87. The molecule has 38 heavy (non-hydrogen) atoms. The number of hydrogen-bond donors (Lipinski definition) is 0. The van der Waals surface area contributed by atoms with Gasteiger partial charge in [0, 0.05) is 42.2 Å². The van der Waals surface area contributed by atoms with Gasteiger partial charge in [-0.15, -0.1) is 0 Å². The highest BCUT2D eigenvalue weighted by Gasteiger charge is 2.28. The van der Waals surface area contributed by atoms with Crippen LogP contribution in [0.5, 0.6) is 0 Å². The molecule has 1 amide bonds. The van der Waals surface area contributed by atoms with Gasteiger partial charge in [0.25, 0.3) is 0 Å². The van der Waals surface area contributed by atoms with Gasteiger partial charge >= 0.3 is 6.09 Å². The van der Waals surface area contributed by atoms with Crippen LogP contribution in [0, 0.1) is 0 Å². The predicted octanol–water partition coefficient (Wildman–Crippen LogP) is 7.11. The third-order valence-corrected chi connectivity index (χ3v) is 7.23. The number of likely N-dealkylation sites (N-methyl/N-ethyl adjacent to an activating group) is 1. The molecule has 1 saturated carbocycles. The first-order chi connectivity index (χ1) is 18.2. The second-order valence-corrected chi connectivity index (χ2v) is 11.1. The van der Waals surface area contributed by atoms with Crippen LogP contribution in [0.3, 0.4) is 0 Å². The lowest BCUT2D eigenvalue weighted by molar-refractivity contribution is -0.282. The molecule has 1 heterocycles. The number of carbonyl (C=O) groups excluding carboxylic acids is 2. The maximum atomic E-state index is 12.7. The van der Waals surface area contributed by atoms with E-state index in [9.17, 15) is 9.59 Å². The molecule has 3 aromatic rings. The van der Waals surface area contributed by atoms with E-state index in [0.29, 0.717) is 31.2 Å². The summed E-state index contributed by atoms with van der Waals surface area (Å²) in [5, 5.41) is 1.19. The molecule has 0 aliphatic heterocycles. The minimum absolute atomic E-state index is 0.328. The average molecular weight is 521 g/mol. The highest BCUT2D eigenvalue weighted by molar-refractivity contribution is 5.97. The molecule has 0 saturated heterocycles. The normalized spacial score (nSPS) is 14.6. The zero-order chi connectivity index (χ0) is 27.3. The SMILES string of the molecule is COOCc1ccc2c(C3CCCCC3)c(-c3ccccc3C=O)n(CCN(C)C(=O)OC(C)(C)C)c2c1. The maximum Gasteiger partial charge on any atom is 0.410 e. The molecule has 1 aliphatic carbocycles. The zero-order valence-electron chi connectivity index (χ0n) is 23.3. The van der Waals surface area contributed by atoms with E-state index in [1.807, 2.05) is 45.0 Å². The zero-order valence-corrected chi connectivity index (χ0v) is 23.3. The molecule has 0 unspecified atom stereocenters.